The number of hydrogen-bond acceptors (Lipinski definition) is 4. The van der Waals surface area contributed by atoms with Gasteiger partial charge >= 0.3 is 6.03 Å². The molecule has 2 N–H and O–H groups in total. The highest BCUT2D eigenvalue weighted by atomic mass is 16.5. The molecule has 2 heterocycles. The van der Waals surface area contributed by atoms with Crippen molar-refractivity contribution in [2.45, 2.75) is 25.4 Å². The van der Waals surface area contributed by atoms with Gasteiger partial charge in [-0.1, -0.05) is 6.07 Å². The molecule has 0 unspecified atom stereocenters. The number of anilines is 1. The number of benzene rings is 1. The van der Waals surface area contributed by atoms with Crippen molar-refractivity contribution in [3.63, 3.8) is 0 Å². The number of rotatable bonds is 6. The Kier molecular flexibility index (Phi) is 5.80. The van der Waals surface area contributed by atoms with Gasteiger partial charge in [-0.25, -0.2) is 4.79 Å². The minimum absolute atomic E-state index is 0.0923. The number of hydrogen-bond donors (Lipinski definition) is 2. The Bertz CT molecular complexity index is 546. The third-order valence-corrected chi connectivity index (χ3v) is 4.77. The highest BCUT2D eigenvalue weighted by molar-refractivity contribution is 5.73. The topological polar surface area (TPSA) is 62.8 Å². The maximum Gasteiger partial charge on any atom is 0.314 e. The van der Waals surface area contributed by atoms with Crippen LogP contribution in [-0.2, 0) is 4.74 Å². The summed E-state index contributed by atoms with van der Waals surface area (Å²) in [6.45, 7) is 4.09. The van der Waals surface area contributed by atoms with E-state index in [0.29, 0.717) is 19.0 Å². The minimum atomic E-state index is -0.0923. The fourth-order valence-electron chi connectivity index (χ4n) is 3.35. The van der Waals surface area contributed by atoms with Crippen LogP contribution in [0.3, 0.4) is 0 Å². The van der Waals surface area contributed by atoms with Crippen molar-refractivity contribution in [1.29, 1.82) is 0 Å². The normalized spacial score (nSPS) is 23.3. The number of nitrogens with one attached hydrogen (secondary N) is 2. The molecule has 0 aliphatic carbocycles. The molecule has 1 aromatic carbocycles. The van der Waals surface area contributed by atoms with Crippen LogP contribution in [0.1, 0.15) is 19.3 Å². The highest BCUT2D eigenvalue weighted by Gasteiger charge is 2.23. The van der Waals surface area contributed by atoms with Gasteiger partial charge < -0.3 is 25.0 Å². The van der Waals surface area contributed by atoms with E-state index in [4.69, 9.17) is 9.47 Å². The van der Waals surface area contributed by atoms with Crippen molar-refractivity contribution >= 4 is 11.7 Å². The molecular formula is C18H27N3O3. The largest absolute Gasteiger partial charge is 0.497 e. The van der Waals surface area contributed by atoms with E-state index in [2.05, 4.69) is 27.7 Å². The molecule has 2 saturated heterocycles. The fourth-order valence-corrected chi connectivity index (χ4v) is 3.35. The Morgan fingerprint density at radius 3 is 3.00 bits per heavy atom. The third kappa shape index (κ3) is 4.54. The molecule has 2 aliphatic heterocycles. The van der Waals surface area contributed by atoms with E-state index in [1.165, 1.54) is 5.69 Å². The lowest BCUT2D eigenvalue weighted by Crippen LogP contribution is -2.41. The molecule has 6 heteroatoms. The van der Waals surface area contributed by atoms with Gasteiger partial charge in [0, 0.05) is 44.5 Å². The molecule has 3 rings (SSSR count). The molecule has 0 radical (unpaired) electrons. The molecule has 132 valence electrons. The average molecular weight is 333 g/mol. The Balaban J connectivity index is 1.38. The molecule has 0 saturated carbocycles. The molecule has 6 nitrogen and oxygen atoms in total. The molecule has 24 heavy (non-hydrogen) atoms. The number of carbonyl (C=O) groups excluding carboxylic acids is 1. The molecule has 2 atom stereocenters. The first kappa shape index (κ1) is 16.9. The molecule has 1 aromatic rings. The van der Waals surface area contributed by atoms with Gasteiger partial charge in [-0.05, 0) is 37.3 Å². The van der Waals surface area contributed by atoms with Gasteiger partial charge in [-0.15, -0.1) is 0 Å². The summed E-state index contributed by atoms with van der Waals surface area (Å²) in [6.07, 6.45) is 3.41. The summed E-state index contributed by atoms with van der Waals surface area (Å²) in [5, 5.41) is 5.89. The van der Waals surface area contributed by atoms with Crippen LogP contribution in [-0.4, -0.2) is 52.0 Å². The van der Waals surface area contributed by atoms with Crippen LogP contribution in [0.5, 0.6) is 5.75 Å². The van der Waals surface area contributed by atoms with Crippen molar-refractivity contribution in [3.8, 4) is 5.75 Å². The molecule has 0 aromatic heterocycles. The summed E-state index contributed by atoms with van der Waals surface area (Å²) in [5.41, 5.74) is 1.18. The summed E-state index contributed by atoms with van der Waals surface area (Å²) in [7, 11) is 1.69. The summed E-state index contributed by atoms with van der Waals surface area (Å²) in [6, 6.07) is 8.04. The predicted octanol–water partition coefficient (Wildman–Crippen LogP) is 2.00. The second-order valence-electron chi connectivity index (χ2n) is 6.53. The van der Waals surface area contributed by atoms with Gasteiger partial charge in [0.15, 0.2) is 0 Å². The quantitative estimate of drug-likeness (QED) is 0.836. The standard InChI is InChI=1S/C18H27N3O3/c1-23-16-5-2-4-15(10-16)21-8-7-14(13-21)11-19-18(22)20-12-17-6-3-9-24-17/h2,4-5,10,14,17H,3,6-9,11-13H2,1H3,(H2,19,20,22)/t14-,17-/m1/s1. The van der Waals surface area contributed by atoms with Crippen molar-refractivity contribution in [1.82, 2.24) is 10.6 Å². The molecule has 0 bridgehead atoms. The minimum Gasteiger partial charge on any atom is -0.497 e. The number of ether oxygens (including phenoxy) is 2. The number of methoxy groups -OCH3 is 1. The van der Waals surface area contributed by atoms with Crippen LogP contribution in [0, 0.1) is 5.92 Å². The van der Waals surface area contributed by atoms with Crippen LogP contribution >= 0.6 is 0 Å². The molecular weight excluding hydrogens is 306 g/mol. The van der Waals surface area contributed by atoms with Crippen LogP contribution < -0.4 is 20.3 Å². The fraction of sp³-hybridized carbons (Fsp3) is 0.611. The zero-order valence-corrected chi connectivity index (χ0v) is 14.3. The Morgan fingerprint density at radius 2 is 2.21 bits per heavy atom. The van der Waals surface area contributed by atoms with Gasteiger partial charge in [0.25, 0.3) is 0 Å². The Labute approximate surface area is 143 Å². The monoisotopic (exact) mass is 333 g/mol. The third-order valence-electron chi connectivity index (χ3n) is 4.77. The molecule has 2 aliphatic rings. The number of nitrogens with zero attached hydrogens (tertiary/aromatic N) is 1. The van der Waals surface area contributed by atoms with E-state index < -0.39 is 0 Å². The molecule has 0 spiro atoms. The van der Waals surface area contributed by atoms with E-state index >= 15 is 0 Å². The number of amides is 2. The first-order chi connectivity index (χ1) is 11.7. The van der Waals surface area contributed by atoms with E-state index in [1.807, 2.05) is 12.1 Å². The first-order valence-corrected chi connectivity index (χ1v) is 8.77. The summed E-state index contributed by atoms with van der Waals surface area (Å²) in [5.74, 6) is 1.35. The molecule has 2 fully saturated rings. The first-order valence-electron chi connectivity index (χ1n) is 8.77. The Hall–Kier alpha value is -1.95. The maximum absolute atomic E-state index is 11.9. The van der Waals surface area contributed by atoms with Crippen LogP contribution in [0.25, 0.3) is 0 Å². The zero-order chi connectivity index (χ0) is 16.8. The summed E-state index contributed by atoms with van der Waals surface area (Å²) >= 11 is 0. The smallest absolute Gasteiger partial charge is 0.314 e. The van der Waals surface area contributed by atoms with Crippen molar-refractivity contribution in [2.75, 3.05) is 44.8 Å². The van der Waals surface area contributed by atoms with Gasteiger partial charge in [0.1, 0.15) is 5.75 Å². The van der Waals surface area contributed by atoms with E-state index in [-0.39, 0.29) is 12.1 Å². The zero-order valence-electron chi connectivity index (χ0n) is 14.3. The second kappa shape index (κ2) is 8.24. The maximum atomic E-state index is 11.9. The Morgan fingerprint density at radius 1 is 1.33 bits per heavy atom. The van der Waals surface area contributed by atoms with E-state index in [1.54, 1.807) is 7.11 Å². The van der Waals surface area contributed by atoms with E-state index in [0.717, 1.165) is 44.7 Å². The van der Waals surface area contributed by atoms with E-state index in [9.17, 15) is 4.79 Å². The lowest BCUT2D eigenvalue weighted by Gasteiger charge is -2.19. The summed E-state index contributed by atoms with van der Waals surface area (Å²) < 4.78 is 10.8. The van der Waals surface area contributed by atoms with Crippen LogP contribution in [0.15, 0.2) is 24.3 Å². The SMILES string of the molecule is COc1cccc(N2CC[C@H](CNC(=O)NC[C@H]3CCCO3)C2)c1. The number of carbonyl (C=O) groups is 1. The lowest BCUT2D eigenvalue weighted by atomic mass is 10.1. The van der Waals surface area contributed by atoms with Gasteiger partial charge in [0.2, 0.25) is 0 Å². The van der Waals surface area contributed by atoms with Gasteiger partial charge in [-0.3, -0.25) is 0 Å². The van der Waals surface area contributed by atoms with Crippen molar-refractivity contribution in [3.05, 3.63) is 24.3 Å². The lowest BCUT2D eigenvalue weighted by molar-refractivity contribution is 0.111. The van der Waals surface area contributed by atoms with Crippen molar-refractivity contribution < 1.29 is 14.3 Å². The highest BCUT2D eigenvalue weighted by Crippen LogP contribution is 2.26. The number of urea groups is 1. The second-order valence-corrected chi connectivity index (χ2v) is 6.53. The van der Waals surface area contributed by atoms with Crippen molar-refractivity contribution in [2.24, 2.45) is 5.92 Å². The van der Waals surface area contributed by atoms with Crippen LogP contribution in [0.2, 0.25) is 0 Å². The molecule has 2 amide bonds. The summed E-state index contributed by atoms with van der Waals surface area (Å²) in [4.78, 5) is 14.2. The van der Waals surface area contributed by atoms with Gasteiger partial charge in [0.05, 0.1) is 13.2 Å². The predicted molar refractivity (Wildman–Crippen MR) is 93.7 cm³/mol. The average Bonchev–Trinajstić information content (AvgIpc) is 3.30. The van der Waals surface area contributed by atoms with Crippen LogP contribution in [0.4, 0.5) is 10.5 Å². The van der Waals surface area contributed by atoms with Gasteiger partial charge in [-0.2, -0.15) is 0 Å².